The number of terminal acetylenes is 1. The van der Waals surface area contributed by atoms with Crippen LogP contribution >= 0.6 is 11.3 Å². The molecule has 1 aliphatic carbocycles. The van der Waals surface area contributed by atoms with E-state index in [1.165, 1.54) is 16.9 Å². The van der Waals surface area contributed by atoms with Gasteiger partial charge < -0.3 is 5.11 Å². The molecule has 2 N–H and O–H groups in total. The number of nitrogens with one attached hydrogen (secondary N) is 1. The van der Waals surface area contributed by atoms with Crippen LogP contribution in [0, 0.1) is 18.3 Å². The zero-order valence-corrected chi connectivity index (χ0v) is 16.9. The number of thiophene rings is 1. The summed E-state index contributed by atoms with van der Waals surface area (Å²) in [6, 6.07) is 12.1. The normalized spacial score (nSPS) is 23.4. The minimum atomic E-state index is -4.05. The Balaban J connectivity index is 1.64. The number of aliphatic carboxylic acids is 1. The topological polar surface area (TPSA) is 101 Å². The fourth-order valence-electron chi connectivity index (χ4n) is 3.67. The fourth-order valence-corrected chi connectivity index (χ4v) is 6.35. The van der Waals surface area contributed by atoms with E-state index in [0.717, 1.165) is 16.9 Å². The second kappa shape index (κ2) is 6.84. The van der Waals surface area contributed by atoms with Crippen LogP contribution in [0.3, 0.4) is 0 Å². The molecule has 3 atom stereocenters. The highest BCUT2D eigenvalue weighted by Crippen LogP contribution is 2.58. The smallest absolute Gasteiger partial charge is 0.325 e. The maximum Gasteiger partial charge on any atom is 0.325 e. The summed E-state index contributed by atoms with van der Waals surface area (Å²) >= 11 is 0.984. The monoisotopic (exact) mass is 427 g/mol. The third kappa shape index (κ3) is 3.15. The zero-order chi connectivity index (χ0) is 20.8. The standard InChI is InChI=1S/C20H17N3O4S2/c1-3-14-11-21-23(12-14)16-9-10-17(28-16)29(26,27)22-20(19(24)25)13(2)18(20)15-7-5-4-6-8-15/h1,4-13,18,22H,2H3,(H,24,25)/t13?,18-,20-/m0/s1. The van der Waals surface area contributed by atoms with E-state index in [0.29, 0.717) is 10.6 Å². The van der Waals surface area contributed by atoms with Crippen molar-refractivity contribution < 1.29 is 18.3 Å². The van der Waals surface area contributed by atoms with Crippen LogP contribution in [0.2, 0.25) is 0 Å². The third-order valence-corrected chi connectivity index (χ3v) is 8.27. The highest BCUT2D eigenvalue weighted by molar-refractivity contribution is 7.91. The minimum Gasteiger partial charge on any atom is -0.480 e. The summed E-state index contributed by atoms with van der Waals surface area (Å²) in [6.45, 7) is 1.74. The molecule has 2 heterocycles. The number of sulfonamides is 1. The molecule has 1 fully saturated rings. The minimum absolute atomic E-state index is 0.0109. The van der Waals surface area contributed by atoms with Gasteiger partial charge in [0.15, 0.2) is 0 Å². The predicted molar refractivity (Wildman–Crippen MR) is 108 cm³/mol. The number of carboxylic acids is 1. The van der Waals surface area contributed by atoms with Gasteiger partial charge in [0.1, 0.15) is 14.7 Å². The number of benzene rings is 1. The van der Waals surface area contributed by atoms with Crippen molar-refractivity contribution in [3.8, 4) is 17.3 Å². The molecule has 29 heavy (non-hydrogen) atoms. The second-order valence-electron chi connectivity index (χ2n) is 6.87. The summed E-state index contributed by atoms with van der Waals surface area (Å²) < 4.78 is 29.9. The van der Waals surface area contributed by atoms with E-state index in [-0.39, 0.29) is 10.1 Å². The van der Waals surface area contributed by atoms with Gasteiger partial charge in [0, 0.05) is 12.1 Å². The van der Waals surface area contributed by atoms with Gasteiger partial charge in [-0.1, -0.05) is 43.2 Å². The summed E-state index contributed by atoms with van der Waals surface area (Å²) in [4.78, 5) is 12.1. The molecule has 0 spiro atoms. The number of carbonyl (C=O) groups is 1. The van der Waals surface area contributed by atoms with Crippen LogP contribution < -0.4 is 4.72 Å². The van der Waals surface area contributed by atoms with Gasteiger partial charge in [-0.3, -0.25) is 4.79 Å². The average molecular weight is 428 g/mol. The largest absolute Gasteiger partial charge is 0.480 e. The summed E-state index contributed by atoms with van der Waals surface area (Å²) in [5.74, 6) is 0.434. The van der Waals surface area contributed by atoms with Gasteiger partial charge >= 0.3 is 5.97 Å². The Morgan fingerprint density at radius 3 is 2.66 bits per heavy atom. The van der Waals surface area contributed by atoms with Gasteiger partial charge in [-0.2, -0.15) is 9.82 Å². The van der Waals surface area contributed by atoms with E-state index in [2.05, 4.69) is 15.7 Å². The van der Waals surface area contributed by atoms with Crippen LogP contribution in [-0.4, -0.2) is 34.8 Å². The van der Waals surface area contributed by atoms with Gasteiger partial charge in [-0.25, -0.2) is 13.1 Å². The van der Waals surface area contributed by atoms with Crippen LogP contribution in [0.25, 0.3) is 5.00 Å². The fraction of sp³-hybridized carbons (Fsp3) is 0.200. The molecule has 1 saturated carbocycles. The zero-order valence-electron chi connectivity index (χ0n) is 15.3. The molecule has 0 radical (unpaired) electrons. The summed E-state index contributed by atoms with van der Waals surface area (Å²) in [5, 5.41) is 14.5. The molecule has 9 heteroatoms. The van der Waals surface area contributed by atoms with Gasteiger partial charge in [-0.05, 0) is 23.6 Å². The first-order valence-corrected chi connectivity index (χ1v) is 11.0. The Morgan fingerprint density at radius 2 is 2.03 bits per heavy atom. The van der Waals surface area contributed by atoms with Crippen molar-refractivity contribution in [2.24, 2.45) is 5.92 Å². The van der Waals surface area contributed by atoms with Crippen molar-refractivity contribution >= 4 is 27.3 Å². The molecule has 0 bridgehead atoms. The summed E-state index contributed by atoms with van der Waals surface area (Å²) in [7, 11) is -4.05. The number of hydrogen-bond donors (Lipinski definition) is 2. The first-order valence-electron chi connectivity index (χ1n) is 8.73. The van der Waals surface area contributed by atoms with E-state index in [1.807, 2.05) is 30.3 Å². The molecule has 0 aliphatic heterocycles. The van der Waals surface area contributed by atoms with Crippen LogP contribution in [0.5, 0.6) is 0 Å². The molecule has 4 rings (SSSR count). The lowest BCUT2D eigenvalue weighted by molar-refractivity contribution is -0.140. The number of carboxylic acid groups (broad SMARTS) is 1. The Morgan fingerprint density at radius 1 is 1.31 bits per heavy atom. The molecular formula is C20H17N3O4S2. The van der Waals surface area contributed by atoms with Crippen molar-refractivity contribution in [3.05, 3.63) is 66.0 Å². The molecule has 2 aromatic heterocycles. The Hall–Kier alpha value is -2.93. The van der Waals surface area contributed by atoms with Crippen LogP contribution in [0.15, 0.2) is 59.1 Å². The highest BCUT2D eigenvalue weighted by atomic mass is 32.2. The summed E-state index contributed by atoms with van der Waals surface area (Å²) in [6.07, 6.45) is 8.45. The third-order valence-electron chi connectivity index (χ3n) is 5.22. The SMILES string of the molecule is C#Cc1cnn(-c2ccc(S(=O)(=O)N[C@@]3(C(=O)O)C(C)[C@H]3c3ccccc3)s2)c1. The van der Waals surface area contributed by atoms with Crippen LogP contribution in [0.4, 0.5) is 0 Å². The second-order valence-corrected chi connectivity index (χ2v) is 9.84. The molecular weight excluding hydrogens is 410 g/mol. The van der Waals surface area contributed by atoms with Gasteiger partial charge in [0.05, 0.1) is 11.8 Å². The van der Waals surface area contributed by atoms with Crippen LogP contribution in [-0.2, 0) is 14.8 Å². The van der Waals surface area contributed by atoms with Crippen molar-refractivity contribution in [2.75, 3.05) is 0 Å². The lowest BCUT2D eigenvalue weighted by Crippen LogP contribution is -2.45. The van der Waals surface area contributed by atoms with Gasteiger partial charge in [0.2, 0.25) is 0 Å². The average Bonchev–Trinajstić information content (AvgIpc) is 3.13. The molecule has 7 nitrogen and oxygen atoms in total. The molecule has 148 valence electrons. The number of nitrogens with zero attached hydrogens (tertiary/aromatic N) is 2. The number of hydrogen-bond acceptors (Lipinski definition) is 5. The Bertz CT molecular complexity index is 1220. The predicted octanol–water partition coefficient (Wildman–Crippen LogP) is 2.45. The Labute approximate surface area is 172 Å². The quantitative estimate of drug-likeness (QED) is 0.589. The van der Waals surface area contributed by atoms with Crippen molar-refractivity contribution in [3.63, 3.8) is 0 Å². The maximum atomic E-state index is 13.0. The van der Waals surface area contributed by atoms with E-state index in [9.17, 15) is 18.3 Å². The van der Waals surface area contributed by atoms with E-state index in [1.54, 1.807) is 19.2 Å². The van der Waals surface area contributed by atoms with Crippen molar-refractivity contribution in [1.82, 2.24) is 14.5 Å². The lowest BCUT2D eigenvalue weighted by Gasteiger charge is -2.15. The van der Waals surface area contributed by atoms with Gasteiger partial charge in [-0.15, -0.1) is 17.8 Å². The van der Waals surface area contributed by atoms with E-state index >= 15 is 0 Å². The highest BCUT2D eigenvalue weighted by Gasteiger charge is 2.70. The molecule has 1 aliphatic rings. The lowest BCUT2D eigenvalue weighted by atomic mass is 10.1. The molecule has 0 saturated heterocycles. The molecule has 1 aromatic carbocycles. The van der Waals surface area contributed by atoms with E-state index in [4.69, 9.17) is 6.42 Å². The van der Waals surface area contributed by atoms with E-state index < -0.39 is 27.4 Å². The van der Waals surface area contributed by atoms with Crippen molar-refractivity contribution in [2.45, 2.75) is 22.6 Å². The molecule has 1 unspecified atom stereocenters. The maximum absolute atomic E-state index is 13.0. The summed E-state index contributed by atoms with van der Waals surface area (Å²) in [5.41, 5.74) is -0.217. The first kappa shape index (κ1) is 19.4. The molecule has 0 amide bonds. The first-order chi connectivity index (χ1) is 13.8. The van der Waals surface area contributed by atoms with Gasteiger partial charge in [0.25, 0.3) is 10.0 Å². The number of rotatable bonds is 6. The molecule has 3 aromatic rings. The number of aromatic nitrogens is 2. The van der Waals surface area contributed by atoms with Crippen molar-refractivity contribution in [1.29, 1.82) is 0 Å². The Kier molecular flexibility index (Phi) is 4.58. The van der Waals surface area contributed by atoms with Crippen LogP contribution in [0.1, 0.15) is 24.0 Å².